The van der Waals surface area contributed by atoms with Gasteiger partial charge in [-0.1, -0.05) is 54.7 Å². The zero-order chi connectivity index (χ0) is 13.1. The second-order valence-electron chi connectivity index (χ2n) is 5.09. The maximum atomic E-state index is 6.50. The summed E-state index contributed by atoms with van der Waals surface area (Å²) in [6, 6.07) is 0. The number of rotatable bonds is 5. The Balaban J connectivity index is 0.00000110. The van der Waals surface area contributed by atoms with Crippen LogP contribution in [0.5, 0.6) is 0 Å². The van der Waals surface area contributed by atoms with Gasteiger partial charge in [-0.25, -0.2) is 0 Å². The molecule has 20 heavy (non-hydrogen) atoms. The molecule has 0 amide bonds. The summed E-state index contributed by atoms with van der Waals surface area (Å²) < 4.78 is 6.50. The van der Waals surface area contributed by atoms with Gasteiger partial charge in [0.2, 0.25) is 0 Å². The van der Waals surface area contributed by atoms with E-state index in [1.54, 1.807) is 0 Å². The minimum atomic E-state index is -2.10. The molecule has 1 nitrogen and oxygen atoms in total. The average molecular weight is 276 g/mol. The van der Waals surface area contributed by atoms with Crippen LogP contribution in [0.1, 0.15) is 27.6 Å². The van der Waals surface area contributed by atoms with E-state index in [0.717, 1.165) is 25.9 Å². The molecule has 3 heteroatoms. The van der Waals surface area contributed by atoms with Gasteiger partial charge in [-0.05, 0) is 41.8 Å². The van der Waals surface area contributed by atoms with Crippen molar-refractivity contribution in [1.29, 1.82) is 0 Å². The fourth-order valence-electron chi connectivity index (χ4n) is 3.24. The summed E-state index contributed by atoms with van der Waals surface area (Å²) in [6.45, 7) is 2.91. The van der Waals surface area contributed by atoms with E-state index in [2.05, 4.69) is 61.6 Å². The number of hydrogen-bond acceptors (Lipinski definition) is 1. The van der Waals surface area contributed by atoms with E-state index in [-0.39, 0.29) is 20.3 Å². The molecule has 3 rings (SSSR count). The van der Waals surface area contributed by atoms with Crippen LogP contribution in [0.25, 0.3) is 0 Å². The largest absolute Gasteiger partial charge is 1.00 e. The molecule has 0 radical (unpaired) electrons. The van der Waals surface area contributed by atoms with Crippen LogP contribution in [0.15, 0.2) is 70.3 Å². The van der Waals surface area contributed by atoms with Crippen molar-refractivity contribution in [1.82, 2.24) is 0 Å². The van der Waals surface area contributed by atoms with Gasteiger partial charge in [-0.2, -0.15) is 0 Å². The summed E-state index contributed by atoms with van der Waals surface area (Å²) in [6.07, 6.45) is 23.3. The second kappa shape index (κ2) is 6.78. The monoisotopic (exact) mass is 276 g/mol. The van der Waals surface area contributed by atoms with Gasteiger partial charge in [0, 0.05) is 6.61 Å². The Bertz CT molecular complexity index is 481. The van der Waals surface area contributed by atoms with Gasteiger partial charge in [-0.3, -0.25) is 0 Å². The molecule has 0 saturated carbocycles. The molecule has 0 heterocycles. The third kappa shape index (κ3) is 2.54. The van der Waals surface area contributed by atoms with Gasteiger partial charge >= 0.3 is 18.9 Å². The van der Waals surface area contributed by atoms with Crippen molar-refractivity contribution in [3.8, 4) is 0 Å². The molecule has 0 aromatic rings. The van der Waals surface area contributed by atoms with Gasteiger partial charge in [-0.15, -0.1) is 0 Å². The van der Waals surface area contributed by atoms with Crippen molar-refractivity contribution < 1.29 is 24.7 Å². The fourth-order valence-corrected chi connectivity index (χ4v) is 7.67. The SMILES string of the molecule is CCO[Si](C1=CC=CC1)(C1=CC=CC1)C1=CC=CC1.[H-].[Li+]. The van der Waals surface area contributed by atoms with Crippen LogP contribution in [0.2, 0.25) is 0 Å². The summed E-state index contributed by atoms with van der Waals surface area (Å²) in [5, 5.41) is 4.54. The summed E-state index contributed by atoms with van der Waals surface area (Å²) >= 11 is 0. The average Bonchev–Trinajstić information content (AvgIpc) is 3.18. The van der Waals surface area contributed by atoms with Crippen LogP contribution < -0.4 is 18.9 Å². The first-order chi connectivity index (χ1) is 9.38. The van der Waals surface area contributed by atoms with Crippen molar-refractivity contribution in [3.05, 3.63) is 70.3 Å². The van der Waals surface area contributed by atoms with Crippen molar-refractivity contribution in [3.63, 3.8) is 0 Å². The predicted molar refractivity (Wildman–Crippen MR) is 84.0 cm³/mol. The van der Waals surface area contributed by atoms with E-state index >= 15 is 0 Å². The zero-order valence-electron chi connectivity index (χ0n) is 13.4. The first-order valence-electron chi connectivity index (χ1n) is 7.10. The summed E-state index contributed by atoms with van der Waals surface area (Å²) in [5.41, 5.74) is 0. The third-order valence-electron chi connectivity index (χ3n) is 4.03. The molecule has 0 aliphatic heterocycles. The van der Waals surface area contributed by atoms with Gasteiger partial charge in [0.25, 0.3) is 8.32 Å². The van der Waals surface area contributed by atoms with Crippen LogP contribution in [0.3, 0.4) is 0 Å². The second-order valence-corrected chi connectivity index (χ2v) is 8.66. The minimum Gasteiger partial charge on any atom is -1.00 e. The summed E-state index contributed by atoms with van der Waals surface area (Å²) in [4.78, 5) is 0. The van der Waals surface area contributed by atoms with Gasteiger partial charge in [0.05, 0.1) is 0 Å². The molecule has 0 bridgehead atoms. The maximum Gasteiger partial charge on any atom is 1.00 e. The van der Waals surface area contributed by atoms with Crippen LogP contribution in [0.4, 0.5) is 0 Å². The molecular weight excluding hydrogens is 255 g/mol. The van der Waals surface area contributed by atoms with Gasteiger partial charge < -0.3 is 5.85 Å². The molecule has 0 atom stereocenters. The van der Waals surface area contributed by atoms with Crippen molar-refractivity contribution in [2.24, 2.45) is 0 Å². The molecule has 0 N–H and O–H groups in total. The molecular formula is C17H21LiOSi. The van der Waals surface area contributed by atoms with Crippen molar-refractivity contribution >= 4 is 8.32 Å². The Kier molecular flexibility index (Phi) is 5.29. The molecule has 3 aliphatic carbocycles. The smallest absolute Gasteiger partial charge is 1.00 e. The molecule has 0 fully saturated rings. The normalized spacial score (nSPS) is 19.9. The Hall–Kier alpha value is -0.786. The maximum absolute atomic E-state index is 6.50. The molecule has 3 aliphatic rings. The van der Waals surface area contributed by atoms with Gasteiger partial charge in [0.15, 0.2) is 0 Å². The fraction of sp³-hybridized carbons (Fsp3) is 0.294. The van der Waals surface area contributed by atoms with E-state index < -0.39 is 8.32 Å². The molecule has 0 unspecified atom stereocenters. The van der Waals surface area contributed by atoms with Crippen molar-refractivity contribution in [2.75, 3.05) is 6.61 Å². The van der Waals surface area contributed by atoms with Crippen molar-refractivity contribution in [2.45, 2.75) is 26.2 Å². The predicted octanol–water partition coefficient (Wildman–Crippen LogP) is 1.36. The van der Waals surface area contributed by atoms with Crippen LogP contribution in [-0.2, 0) is 4.43 Å². The topological polar surface area (TPSA) is 9.23 Å². The quantitative estimate of drug-likeness (QED) is 0.689. The Morgan fingerprint density at radius 2 is 1.30 bits per heavy atom. The first-order valence-corrected chi connectivity index (χ1v) is 9.01. The summed E-state index contributed by atoms with van der Waals surface area (Å²) in [7, 11) is -2.10. The standard InChI is InChI=1S/C17H20OSi.Li.H/c1-2-18-19(15-9-3-4-10-15,16-11-5-6-12-16)17-13-7-8-14-17;;/h3-9,11,13H,2,10,12,14H2,1H3;;/q;+1;-1. The van der Waals surface area contributed by atoms with E-state index in [0.29, 0.717) is 0 Å². The Morgan fingerprint density at radius 3 is 1.55 bits per heavy atom. The Morgan fingerprint density at radius 1 is 0.900 bits per heavy atom. The third-order valence-corrected chi connectivity index (χ3v) is 8.58. The minimum absolute atomic E-state index is 0. The number of allylic oxidation sites excluding steroid dienone is 12. The van der Waals surface area contributed by atoms with Crippen LogP contribution in [-0.4, -0.2) is 14.9 Å². The molecule has 0 aromatic carbocycles. The van der Waals surface area contributed by atoms with E-state index in [9.17, 15) is 0 Å². The van der Waals surface area contributed by atoms with Crippen LogP contribution in [0, 0.1) is 0 Å². The van der Waals surface area contributed by atoms with Crippen LogP contribution >= 0.6 is 0 Å². The van der Waals surface area contributed by atoms with E-state index in [1.165, 1.54) is 15.6 Å². The summed E-state index contributed by atoms with van der Waals surface area (Å²) in [5.74, 6) is 0. The number of hydrogen-bond donors (Lipinski definition) is 0. The van der Waals surface area contributed by atoms with Gasteiger partial charge in [0.1, 0.15) is 0 Å². The molecule has 100 valence electrons. The molecule has 0 spiro atoms. The van der Waals surface area contributed by atoms with E-state index in [1.807, 2.05) is 0 Å². The van der Waals surface area contributed by atoms with E-state index in [4.69, 9.17) is 4.43 Å². The zero-order valence-corrected chi connectivity index (χ0v) is 13.4. The Labute approximate surface area is 136 Å². The molecule has 0 saturated heterocycles. The molecule has 0 aromatic heterocycles. The first kappa shape index (κ1) is 15.6.